The first-order valence-corrected chi connectivity index (χ1v) is 8.88. The molecule has 0 saturated heterocycles. The van der Waals surface area contributed by atoms with Crippen molar-refractivity contribution in [2.24, 2.45) is 0 Å². The van der Waals surface area contributed by atoms with Crippen molar-refractivity contribution >= 4 is 27.5 Å². The number of aromatic nitrogens is 1. The fraction of sp³-hybridized carbons (Fsp3) is 0.200. The lowest BCUT2D eigenvalue weighted by Crippen LogP contribution is -2.13. The molecule has 0 atom stereocenters. The van der Waals surface area contributed by atoms with E-state index >= 15 is 0 Å². The van der Waals surface area contributed by atoms with Crippen LogP contribution in [0.4, 0.5) is 5.69 Å². The van der Waals surface area contributed by atoms with Gasteiger partial charge in [-0.25, -0.2) is 4.98 Å². The van der Waals surface area contributed by atoms with Crippen LogP contribution < -0.4 is 5.32 Å². The van der Waals surface area contributed by atoms with Gasteiger partial charge in [0.05, 0.1) is 6.20 Å². The van der Waals surface area contributed by atoms with Gasteiger partial charge >= 0.3 is 0 Å². The molecular formula is C20H19BrN2O2. The first kappa shape index (κ1) is 17.4. The van der Waals surface area contributed by atoms with Gasteiger partial charge in [0, 0.05) is 28.6 Å². The Bertz CT molecular complexity index is 902. The van der Waals surface area contributed by atoms with Crippen molar-refractivity contribution in [3.63, 3.8) is 0 Å². The maximum absolute atomic E-state index is 12.2. The van der Waals surface area contributed by atoms with E-state index in [0.717, 1.165) is 26.9 Å². The number of rotatable bonds is 5. The summed E-state index contributed by atoms with van der Waals surface area (Å²) in [4.78, 5) is 16.5. The molecule has 4 nitrogen and oxygen atoms in total. The van der Waals surface area contributed by atoms with Crippen LogP contribution >= 0.6 is 15.9 Å². The Hall–Kier alpha value is -2.40. The number of carbonyl (C=O) groups excluding carboxylic acids is 1. The number of nitrogens with one attached hydrogen (secondary N) is 1. The van der Waals surface area contributed by atoms with Crippen LogP contribution in [0, 0.1) is 13.8 Å². The molecule has 0 aliphatic rings. The smallest absolute Gasteiger partial charge is 0.224 e. The van der Waals surface area contributed by atoms with E-state index in [2.05, 4.69) is 26.2 Å². The number of benzene rings is 2. The van der Waals surface area contributed by atoms with Crippen molar-refractivity contribution in [2.75, 3.05) is 5.32 Å². The van der Waals surface area contributed by atoms with Crippen LogP contribution in [0.15, 0.2) is 57.6 Å². The predicted molar refractivity (Wildman–Crippen MR) is 103 cm³/mol. The molecule has 0 aliphatic heterocycles. The average Bonchev–Trinajstić information content (AvgIpc) is 3.05. The van der Waals surface area contributed by atoms with Crippen LogP contribution in [-0.4, -0.2) is 10.9 Å². The first-order valence-electron chi connectivity index (χ1n) is 8.09. The highest BCUT2D eigenvalue weighted by Gasteiger charge is 2.10. The summed E-state index contributed by atoms with van der Waals surface area (Å²) in [6.07, 6.45) is 2.48. The van der Waals surface area contributed by atoms with Crippen molar-refractivity contribution < 1.29 is 9.21 Å². The molecule has 1 N–H and O–H groups in total. The Morgan fingerprint density at radius 1 is 1.20 bits per heavy atom. The van der Waals surface area contributed by atoms with Crippen LogP contribution in [0.1, 0.15) is 23.4 Å². The van der Waals surface area contributed by atoms with E-state index in [1.807, 2.05) is 56.3 Å². The van der Waals surface area contributed by atoms with Crippen LogP contribution in [0.25, 0.3) is 11.3 Å². The molecule has 5 heteroatoms. The van der Waals surface area contributed by atoms with E-state index in [9.17, 15) is 4.79 Å². The Morgan fingerprint density at radius 3 is 2.84 bits per heavy atom. The van der Waals surface area contributed by atoms with Gasteiger partial charge in [0.15, 0.2) is 11.7 Å². The molecule has 3 aromatic rings. The lowest BCUT2D eigenvalue weighted by Gasteiger charge is -2.08. The minimum absolute atomic E-state index is 0.0455. The fourth-order valence-electron chi connectivity index (χ4n) is 2.50. The lowest BCUT2D eigenvalue weighted by atomic mass is 10.1. The zero-order valence-electron chi connectivity index (χ0n) is 14.2. The summed E-state index contributed by atoms with van der Waals surface area (Å²) in [5, 5.41) is 2.95. The number of carbonyl (C=O) groups is 1. The molecule has 1 amide bonds. The van der Waals surface area contributed by atoms with Gasteiger partial charge in [-0.05, 0) is 43.2 Å². The Kier molecular flexibility index (Phi) is 5.34. The highest BCUT2D eigenvalue weighted by atomic mass is 79.9. The molecule has 25 heavy (non-hydrogen) atoms. The Morgan fingerprint density at radius 2 is 2.04 bits per heavy atom. The quantitative estimate of drug-likeness (QED) is 0.634. The zero-order chi connectivity index (χ0) is 17.8. The second-order valence-electron chi connectivity index (χ2n) is 6.00. The molecule has 1 heterocycles. The second-order valence-corrected chi connectivity index (χ2v) is 6.91. The predicted octanol–water partition coefficient (Wildman–Crippen LogP) is 5.29. The second kappa shape index (κ2) is 7.66. The lowest BCUT2D eigenvalue weighted by molar-refractivity contribution is -0.116. The largest absolute Gasteiger partial charge is 0.441 e. The molecule has 128 valence electrons. The van der Waals surface area contributed by atoms with Gasteiger partial charge in [-0.15, -0.1) is 0 Å². The maximum Gasteiger partial charge on any atom is 0.224 e. The fourth-order valence-corrected chi connectivity index (χ4v) is 2.90. The van der Waals surface area contributed by atoms with E-state index < -0.39 is 0 Å². The molecule has 1 aromatic heterocycles. The molecule has 2 aromatic carbocycles. The average molecular weight is 399 g/mol. The molecule has 0 bridgehead atoms. The normalized spacial score (nSPS) is 10.7. The number of nitrogens with zero attached hydrogens (tertiary/aromatic N) is 1. The summed E-state index contributed by atoms with van der Waals surface area (Å²) in [5.41, 5.74) is 3.97. The maximum atomic E-state index is 12.2. The number of hydrogen-bond donors (Lipinski definition) is 1. The number of anilines is 1. The molecular weight excluding hydrogens is 380 g/mol. The van der Waals surface area contributed by atoms with Gasteiger partial charge in [-0.1, -0.05) is 40.2 Å². The van der Waals surface area contributed by atoms with Crippen molar-refractivity contribution in [1.82, 2.24) is 4.98 Å². The van der Waals surface area contributed by atoms with E-state index in [1.165, 1.54) is 0 Å². The van der Waals surface area contributed by atoms with Crippen LogP contribution in [0.3, 0.4) is 0 Å². The van der Waals surface area contributed by atoms with Crippen LogP contribution in [0.5, 0.6) is 0 Å². The number of aryl methyl sites for hydroxylation is 3. The molecule has 0 spiro atoms. The summed E-state index contributed by atoms with van der Waals surface area (Å²) in [6, 6.07) is 13.8. The third-order valence-corrected chi connectivity index (χ3v) is 4.39. The Labute approximate surface area is 155 Å². The molecule has 3 rings (SSSR count). The third-order valence-electron chi connectivity index (χ3n) is 3.90. The third kappa shape index (κ3) is 4.57. The van der Waals surface area contributed by atoms with Crippen molar-refractivity contribution in [3.8, 4) is 11.3 Å². The summed E-state index contributed by atoms with van der Waals surface area (Å²) in [7, 11) is 0. The van der Waals surface area contributed by atoms with Gasteiger partial charge in [-0.2, -0.15) is 0 Å². The number of amides is 1. The zero-order valence-corrected chi connectivity index (χ0v) is 15.8. The van der Waals surface area contributed by atoms with Gasteiger partial charge in [0.2, 0.25) is 5.91 Å². The van der Waals surface area contributed by atoms with Gasteiger partial charge in [-0.3, -0.25) is 4.79 Å². The van der Waals surface area contributed by atoms with Crippen LogP contribution in [-0.2, 0) is 11.2 Å². The molecule has 0 radical (unpaired) electrons. The van der Waals surface area contributed by atoms with Crippen molar-refractivity contribution in [2.45, 2.75) is 26.7 Å². The summed E-state index contributed by atoms with van der Waals surface area (Å²) in [5.74, 6) is 1.22. The van der Waals surface area contributed by atoms with E-state index in [-0.39, 0.29) is 5.91 Å². The van der Waals surface area contributed by atoms with E-state index in [0.29, 0.717) is 24.5 Å². The van der Waals surface area contributed by atoms with Gasteiger partial charge in [0.25, 0.3) is 0 Å². The molecule has 0 aliphatic carbocycles. The summed E-state index contributed by atoms with van der Waals surface area (Å²) in [6.45, 7) is 3.98. The SMILES string of the molecule is Cc1ccc(C)c(NC(=O)CCc2ncc(-c3cccc(Br)c3)o2)c1. The van der Waals surface area contributed by atoms with Crippen LogP contribution in [0.2, 0.25) is 0 Å². The van der Waals surface area contributed by atoms with Gasteiger partial charge < -0.3 is 9.73 Å². The van der Waals surface area contributed by atoms with Crippen molar-refractivity contribution in [1.29, 1.82) is 0 Å². The van der Waals surface area contributed by atoms with E-state index in [1.54, 1.807) is 6.20 Å². The van der Waals surface area contributed by atoms with Gasteiger partial charge in [0.1, 0.15) is 0 Å². The molecule has 0 fully saturated rings. The molecule has 0 unspecified atom stereocenters. The van der Waals surface area contributed by atoms with E-state index in [4.69, 9.17) is 4.42 Å². The monoisotopic (exact) mass is 398 g/mol. The standard InChI is InChI=1S/C20H19BrN2O2/c1-13-6-7-14(2)17(10-13)23-19(24)8-9-20-22-12-18(25-20)15-4-3-5-16(21)11-15/h3-7,10-12H,8-9H2,1-2H3,(H,23,24). The summed E-state index contributed by atoms with van der Waals surface area (Å²) >= 11 is 3.44. The van der Waals surface area contributed by atoms with Crippen molar-refractivity contribution in [3.05, 3.63) is 70.2 Å². The number of halogens is 1. The number of hydrogen-bond acceptors (Lipinski definition) is 3. The highest BCUT2D eigenvalue weighted by Crippen LogP contribution is 2.24. The minimum atomic E-state index is -0.0455. The molecule has 0 saturated carbocycles. The Balaban J connectivity index is 1.60. The minimum Gasteiger partial charge on any atom is -0.441 e. The topological polar surface area (TPSA) is 55.1 Å². The number of oxazole rings is 1. The summed E-state index contributed by atoms with van der Waals surface area (Å²) < 4.78 is 6.74. The highest BCUT2D eigenvalue weighted by molar-refractivity contribution is 9.10. The first-order chi connectivity index (χ1) is 12.0.